The highest BCUT2D eigenvalue weighted by Gasteiger charge is 2.46. The Balaban J connectivity index is 1.48. The minimum absolute atomic E-state index is 0.0705. The number of amides is 1. The van der Waals surface area contributed by atoms with Crippen LogP contribution in [0.5, 0.6) is 5.75 Å². The van der Waals surface area contributed by atoms with Crippen LogP contribution in [0.3, 0.4) is 0 Å². The second-order valence-electron chi connectivity index (χ2n) is 9.18. The van der Waals surface area contributed by atoms with E-state index >= 15 is 0 Å². The summed E-state index contributed by atoms with van der Waals surface area (Å²) in [4.78, 5) is 32.2. The number of carbonyl (C=O) groups is 2. The number of rotatable bonds is 8. The molecule has 1 saturated heterocycles. The smallest absolute Gasteiger partial charge is 0.295 e. The van der Waals surface area contributed by atoms with Gasteiger partial charge in [-0.25, -0.2) is 0 Å². The summed E-state index contributed by atoms with van der Waals surface area (Å²) in [5, 5.41) is 11.4. The molecule has 1 unspecified atom stereocenters. The summed E-state index contributed by atoms with van der Waals surface area (Å²) in [6.07, 6.45) is 4.20. The molecular formula is C32H28N2O4. The fourth-order valence-corrected chi connectivity index (χ4v) is 4.62. The largest absolute Gasteiger partial charge is 0.507 e. The van der Waals surface area contributed by atoms with Crippen molar-refractivity contribution in [2.24, 2.45) is 0 Å². The summed E-state index contributed by atoms with van der Waals surface area (Å²) in [5.41, 5.74) is 4.25. The van der Waals surface area contributed by atoms with Crippen LogP contribution in [-0.2, 0) is 29.2 Å². The molecule has 0 bridgehead atoms. The number of hydrogen-bond donors (Lipinski definition) is 1. The maximum atomic E-state index is 13.3. The highest BCUT2D eigenvalue weighted by atomic mass is 16.5. The Morgan fingerprint density at radius 3 is 2.24 bits per heavy atom. The third-order valence-corrected chi connectivity index (χ3v) is 6.70. The second kappa shape index (κ2) is 11.1. The fraction of sp³-hybridized carbons (Fsp3) is 0.156. The molecule has 1 aliphatic rings. The summed E-state index contributed by atoms with van der Waals surface area (Å²) in [6, 6.07) is 27.4. The lowest BCUT2D eigenvalue weighted by atomic mass is 9.94. The van der Waals surface area contributed by atoms with Gasteiger partial charge in [-0.15, -0.1) is 0 Å². The molecule has 1 aliphatic heterocycles. The number of ketones is 1. The zero-order chi connectivity index (χ0) is 26.5. The predicted octanol–water partition coefficient (Wildman–Crippen LogP) is 5.84. The lowest BCUT2D eigenvalue weighted by Gasteiger charge is -2.25. The van der Waals surface area contributed by atoms with Crippen LogP contribution in [0.4, 0.5) is 0 Å². The molecule has 4 aromatic rings. The van der Waals surface area contributed by atoms with Crippen molar-refractivity contribution in [2.45, 2.75) is 32.5 Å². The second-order valence-corrected chi connectivity index (χ2v) is 9.18. The van der Waals surface area contributed by atoms with Crippen molar-refractivity contribution in [3.05, 3.63) is 137 Å². The van der Waals surface area contributed by atoms with Crippen LogP contribution in [-0.4, -0.2) is 26.7 Å². The molecule has 1 atom stereocenters. The normalized spacial score (nSPS) is 16.6. The molecule has 6 nitrogen and oxygen atoms in total. The Morgan fingerprint density at radius 1 is 0.868 bits per heavy atom. The average Bonchev–Trinajstić information content (AvgIpc) is 3.22. The minimum Gasteiger partial charge on any atom is -0.507 e. The lowest BCUT2D eigenvalue weighted by molar-refractivity contribution is -0.140. The summed E-state index contributed by atoms with van der Waals surface area (Å²) in [5.74, 6) is -0.937. The number of ether oxygens (including phenoxy) is 1. The number of Topliss-reactive ketones (excluding diaryl/α,β-unsaturated/α-hetero) is 1. The molecular weight excluding hydrogens is 476 g/mol. The molecule has 0 radical (unpaired) electrons. The van der Waals surface area contributed by atoms with Gasteiger partial charge >= 0.3 is 0 Å². The van der Waals surface area contributed by atoms with Gasteiger partial charge in [-0.2, -0.15) is 0 Å². The molecule has 38 heavy (non-hydrogen) atoms. The van der Waals surface area contributed by atoms with Crippen LogP contribution in [0.15, 0.2) is 109 Å². The number of aliphatic hydroxyl groups excluding tert-OH is 1. The van der Waals surface area contributed by atoms with Crippen LogP contribution in [0.2, 0.25) is 0 Å². The topological polar surface area (TPSA) is 79.7 Å². The van der Waals surface area contributed by atoms with Gasteiger partial charge < -0.3 is 14.7 Å². The van der Waals surface area contributed by atoms with Gasteiger partial charge in [0.15, 0.2) is 0 Å². The first kappa shape index (κ1) is 25.0. The Labute approximate surface area is 221 Å². The molecule has 3 aromatic carbocycles. The fourth-order valence-electron chi connectivity index (χ4n) is 4.62. The van der Waals surface area contributed by atoms with Crippen molar-refractivity contribution in [3.63, 3.8) is 0 Å². The average molecular weight is 505 g/mol. The molecule has 2 heterocycles. The first-order valence-electron chi connectivity index (χ1n) is 12.6. The van der Waals surface area contributed by atoms with Crippen molar-refractivity contribution in [2.75, 3.05) is 0 Å². The standard InChI is InChI=1S/C32H28N2O4/c1-2-22-10-12-25(13-11-22)29-28(31(36)32(37)34(29)20-24-9-6-18-33-19-24)30(35)26-14-16-27(17-15-26)38-21-23-7-4-3-5-8-23/h3-19,29,35H,2,20-21H2,1H3/b30-28+. The monoisotopic (exact) mass is 504 g/mol. The lowest BCUT2D eigenvalue weighted by Crippen LogP contribution is -2.29. The van der Waals surface area contributed by atoms with E-state index in [4.69, 9.17) is 4.74 Å². The summed E-state index contributed by atoms with van der Waals surface area (Å²) in [6.45, 7) is 2.68. The highest BCUT2D eigenvalue weighted by Crippen LogP contribution is 2.40. The highest BCUT2D eigenvalue weighted by molar-refractivity contribution is 6.46. The molecule has 0 spiro atoms. The first-order valence-corrected chi connectivity index (χ1v) is 12.6. The zero-order valence-corrected chi connectivity index (χ0v) is 21.1. The molecule has 1 aromatic heterocycles. The molecule has 1 fully saturated rings. The molecule has 1 N–H and O–H groups in total. The summed E-state index contributed by atoms with van der Waals surface area (Å²) >= 11 is 0. The van der Waals surface area contributed by atoms with E-state index in [0.717, 1.165) is 28.7 Å². The molecule has 0 saturated carbocycles. The van der Waals surface area contributed by atoms with Crippen LogP contribution in [0.1, 0.15) is 40.8 Å². The van der Waals surface area contributed by atoms with Gasteiger partial charge in [0.2, 0.25) is 0 Å². The third-order valence-electron chi connectivity index (χ3n) is 6.70. The number of nitrogens with zero attached hydrogens (tertiary/aromatic N) is 2. The molecule has 5 rings (SSSR count). The number of carbonyl (C=O) groups excluding carboxylic acids is 2. The SMILES string of the molecule is CCc1ccc(C2/C(=C(\O)c3ccc(OCc4ccccc4)cc3)C(=O)C(=O)N2Cc2cccnc2)cc1. The summed E-state index contributed by atoms with van der Waals surface area (Å²) < 4.78 is 5.85. The van der Waals surface area contributed by atoms with Gasteiger partial charge in [0.1, 0.15) is 18.1 Å². The zero-order valence-electron chi connectivity index (χ0n) is 21.1. The van der Waals surface area contributed by atoms with Crippen molar-refractivity contribution < 1.29 is 19.4 Å². The third kappa shape index (κ3) is 5.20. The van der Waals surface area contributed by atoms with E-state index in [1.807, 2.05) is 60.7 Å². The Kier molecular flexibility index (Phi) is 7.31. The van der Waals surface area contributed by atoms with E-state index in [-0.39, 0.29) is 17.9 Å². The number of pyridine rings is 1. The number of aryl methyl sites for hydroxylation is 1. The number of aliphatic hydroxyl groups is 1. The van der Waals surface area contributed by atoms with Gasteiger partial charge in [0.25, 0.3) is 11.7 Å². The predicted molar refractivity (Wildman–Crippen MR) is 145 cm³/mol. The number of hydrogen-bond acceptors (Lipinski definition) is 5. The maximum Gasteiger partial charge on any atom is 0.295 e. The number of aromatic nitrogens is 1. The van der Waals surface area contributed by atoms with Gasteiger partial charge in [0.05, 0.1) is 11.6 Å². The Morgan fingerprint density at radius 2 is 1.58 bits per heavy atom. The quantitative estimate of drug-likeness (QED) is 0.185. The van der Waals surface area contributed by atoms with E-state index in [1.54, 1.807) is 42.7 Å². The van der Waals surface area contributed by atoms with Crippen molar-refractivity contribution in [3.8, 4) is 5.75 Å². The van der Waals surface area contributed by atoms with E-state index in [9.17, 15) is 14.7 Å². The van der Waals surface area contributed by atoms with Crippen LogP contribution < -0.4 is 4.74 Å². The Hall–Kier alpha value is -4.71. The van der Waals surface area contributed by atoms with E-state index < -0.39 is 17.7 Å². The van der Waals surface area contributed by atoms with Crippen LogP contribution in [0, 0.1) is 0 Å². The minimum atomic E-state index is -0.727. The molecule has 6 heteroatoms. The van der Waals surface area contributed by atoms with Crippen molar-refractivity contribution in [1.29, 1.82) is 0 Å². The van der Waals surface area contributed by atoms with Gasteiger partial charge in [-0.3, -0.25) is 14.6 Å². The van der Waals surface area contributed by atoms with Gasteiger partial charge in [-0.05, 0) is 59.0 Å². The molecule has 1 amide bonds. The maximum absolute atomic E-state index is 13.3. The van der Waals surface area contributed by atoms with E-state index in [0.29, 0.717) is 17.9 Å². The first-order chi connectivity index (χ1) is 18.5. The number of benzene rings is 3. The van der Waals surface area contributed by atoms with Crippen LogP contribution >= 0.6 is 0 Å². The summed E-state index contributed by atoms with van der Waals surface area (Å²) in [7, 11) is 0. The van der Waals surface area contributed by atoms with E-state index in [1.165, 1.54) is 4.90 Å². The van der Waals surface area contributed by atoms with Crippen LogP contribution in [0.25, 0.3) is 5.76 Å². The van der Waals surface area contributed by atoms with Crippen molar-refractivity contribution in [1.82, 2.24) is 9.88 Å². The van der Waals surface area contributed by atoms with Gasteiger partial charge in [-0.1, -0.05) is 67.6 Å². The number of likely N-dealkylation sites (tertiary alicyclic amines) is 1. The molecule has 0 aliphatic carbocycles. The molecule has 190 valence electrons. The van der Waals surface area contributed by atoms with Crippen molar-refractivity contribution >= 4 is 17.4 Å². The Bertz CT molecular complexity index is 1450. The van der Waals surface area contributed by atoms with E-state index in [2.05, 4.69) is 11.9 Å². The van der Waals surface area contributed by atoms with Gasteiger partial charge in [0, 0.05) is 24.5 Å².